The molecule has 0 fully saturated rings. The molecule has 0 bridgehead atoms. The second-order valence-corrected chi connectivity index (χ2v) is 5.24. The SMILES string of the molecule is COc1ccc(C(N)c2cc(C)c(C)cc2Cl)cc1F. The first-order valence-electron chi connectivity index (χ1n) is 6.29. The summed E-state index contributed by atoms with van der Waals surface area (Å²) in [7, 11) is 1.43. The van der Waals surface area contributed by atoms with Crippen LogP contribution in [0, 0.1) is 19.7 Å². The summed E-state index contributed by atoms with van der Waals surface area (Å²) in [6.45, 7) is 3.99. The van der Waals surface area contributed by atoms with E-state index in [4.69, 9.17) is 22.1 Å². The highest BCUT2D eigenvalue weighted by molar-refractivity contribution is 6.31. The van der Waals surface area contributed by atoms with Gasteiger partial charge in [-0.05, 0) is 54.3 Å². The second kappa shape index (κ2) is 5.81. The zero-order valence-corrected chi connectivity index (χ0v) is 12.5. The van der Waals surface area contributed by atoms with Crippen molar-refractivity contribution in [2.45, 2.75) is 19.9 Å². The maximum absolute atomic E-state index is 13.8. The van der Waals surface area contributed by atoms with E-state index in [0.29, 0.717) is 10.6 Å². The fourth-order valence-corrected chi connectivity index (χ4v) is 2.43. The van der Waals surface area contributed by atoms with E-state index in [0.717, 1.165) is 16.7 Å². The molecule has 1 atom stereocenters. The van der Waals surface area contributed by atoms with Crippen molar-refractivity contribution in [2.24, 2.45) is 5.73 Å². The van der Waals surface area contributed by atoms with Crippen LogP contribution in [0.1, 0.15) is 28.3 Å². The zero-order valence-electron chi connectivity index (χ0n) is 11.7. The van der Waals surface area contributed by atoms with E-state index < -0.39 is 11.9 Å². The Bertz CT molecular complexity index is 643. The minimum atomic E-state index is -0.470. The molecule has 0 aromatic heterocycles. The standard InChI is InChI=1S/C16H17ClFNO/c1-9-6-12(13(17)7-10(9)2)16(19)11-4-5-15(20-3)14(18)8-11/h4-8,16H,19H2,1-3H3. The van der Waals surface area contributed by atoms with Gasteiger partial charge in [-0.25, -0.2) is 4.39 Å². The Morgan fingerprint density at radius 2 is 1.80 bits per heavy atom. The van der Waals surface area contributed by atoms with Gasteiger partial charge < -0.3 is 10.5 Å². The molecule has 0 radical (unpaired) electrons. The Morgan fingerprint density at radius 1 is 1.15 bits per heavy atom. The highest BCUT2D eigenvalue weighted by atomic mass is 35.5. The average molecular weight is 294 g/mol. The van der Waals surface area contributed by atoms with Gasteiger partial charge in [-0.3, -0.25) is 0 Å². The van der Waals surface area contributed by atoms with Crippen LogP contribution < -0.4 is 10.5 Å². The van der Waals surface area contributed by atoms with Crippen molar-refractivity contribution >= 4 is 11.6 Å². The number of hydrogen-bond acceptors (Lipinski definition) is 2. The van der Waals surface area contributed by atoms with Crippen LogP contribution in [0.4, 0.5) is 4.39 Å². The van der Waals surface area contributed by atoms with Gasteiger partial charge in [0.1, 0.15) is 0 Å². The molecule has 0 saturated heterocycles. The maximum atomic E-state index is 13.8. The van der Waals surface area contributed by atoms with Gasteiger partial charge in [-0.2, -0.15) is 0 Å². The topological polar surface area (TPSA) is 35.2 Å². The summed E-state index contributed by atoms with van der Waals surface area (Å²) in [5.41, 5.74) is 9.87. The highest BCUT2D eigenvalue weighted by Gasteiger charge is 2.15. The Hall–Kier alpha value is -1.58. The van der Waals surface area contributed by atoms with Gasteiger partial charge in [0, 0.05) is 5.02 Å². The molecule has 20 heavy (non-hydrogen) atoms. The number of ether oxygens (including phenoxy) is 1. The lowest BCUT2D eigenvalue weighted by Crippen LogP contribution is -2.13. The van der Waals surface area contributed by atoms with Gasteiger partial charge in [-0.15, -0.1) is 0 Å². The summed E-state index contributed by atoms with van der Waals surface area (Å²) in [6, 6.07) is 8.06. The van der Waals surface area contributed by atoms with Crippen LogP contribution in [-0.2, 0) is 0 Å². The normalized spacial score (nSPS) is 12.3. The molecule has 2 rings (SSSR count). The first-order chi connectivity index (χ1) is 9.43. The number of hydrogen-bond donors (Lipinski definition) is 1. The van der Waals surface area contributed by atoms with Crippen LogP contribution in [0.25, 0.3) is 0 Å². The van der Waals surface area contributed by atoms with Crippen molar-refractivity contribution in [1.29, 1.82) is 0 Å². The largest absolute Gasteiger partial charge is 0.494 e. The molecule has 0 saturated carbocycles. The molecule has 2 aromatic carbocycles. The minimum Gasteiger partial charge on any atom is -0.494 e. The smallest absolute Gasteiger partial charge is 0.165 e. The van der Waals surface area contributed by atoms with E-state index in [-0.39, 0.29) is 5.75 Å². The quantitative estimate of drug-likeness (QED) is 0.922. The predicted octanol–water partition coefficient (Wildman–Crippen LogP) is 4.15. The van der Waals surface area contributed by atoms with E-state index in [1.807, 2.05) is 26.0 Å². The molecular weight excluding hydrogens is 277 g/mol. The van der Waals surface area contributed by atoms with Crippen LogP contribution in [0.15, 0.2) is 30.3 Å². The molecule has 2 nitrogen and oxygen atoms in total. The first kappa shape index (κ1) is 14.8. The molecule has 0 aliphatic rings. The number of rotatable bonds is 3. The van der Waals surface area contributed by atoms with Gasteiger partial charge in [0.25, 0.3) is 0 Å². The molecule has 2 N–H and O–H groups in total. The third kappa shape index (κ3) is 2.79. The van der Waals surface area contributed by atoms with Gasteiger partial charge in [-0.1, -0.05) is 23.7 Å². The van der Waals surface area contributed by atoms with E-state index in [9.17, 15) is 4.39 Å². The zero-order chi connectivity index (χ0) is 14.9. The van der Waals surface area contributed by atoms with Crippen molar-refractivity contribution in [1.82, 2.24) is 0 Å². The van der Waals surface area contributed by atoms with Crippen LogP contribution in [0.5, 0.6) is 5.75 Å². The van der Waals surface area contributed by atoms with Crippen LogP contribution in [0.2, 0.25) is 5.02 Å². The Balaban J connectivity index is 2.43. The molecule has 2 aromatic rings. The molecule has 106 valence electrons. The van der Waals surface area contributed by atoms with Crippen molar-refractivity contribution in [3.05, 3.63) is 63.4 Å². The summed E-state index contributed by atoms with van der Waals surface area (Å²) >= 11 is 6.25. The van der Waals surface area contributed by atoms with Crippen molar-refractivity contribution < 1.29 is 9.13 Å². The predicted molar refractivity (Wildman–Crippen MR) is 79.9 cm³/mol. The Morgan fingerprint density at radius 3 is 2.40 bits per heavy atom. The number of nitrogens with two attached hydrogens (primary N) is 1. The van der Waals surface area contributed by atoms with Crippen molar-refractivity contribution in [3.63, 3.8) is 0 Å². The molecule has 0 aliphatic carbocycles. The van der Waals surface area contributed by atoms with Gasteiger partial charge in [0.2, 0.25) is 0 Å². The maximum Gasteiger partial charge on any atom is 0.165 e. The Labute approximate surface area is 123 Å². The second-order valence-electron chi connectivity index (χ2n) is 4.83. The molecule has 0 spiro atoms. The first-order valence-corrected chi connectivity index (χ1v) is 6.67. The molecule has 0 heterocycles. The van der Waals surface area contributed by atoms with E-state index in [1.165, 1.54) is 13.2 Å². The summed E-state index contributed by atoms with van der Waals surface area (Å²) in [4.78, 5) is 0. The third-order valence-corrected chi connectivity index (χ3v) is 3.81. The number of halogens is 2. The molecular formula is C16H17ClFNO. The van der Waals surface area contributed by atoms with E-state index in [2.05, 4.69) is 0 Å². The van der Waals surface area contributed by atoms with Gasteiger partial charge in [0.15, 0.2) is 11.6 Å². The highest BCUT2D eigenvalue weighted by Crippen LogP contribution is 2.30. The molecule has 1 unspecified atom stereocenters. The lowest BCUT2D eigenvalue weighted by Gasteiger charge is -2.17. The lowest BCUT2D eigenvalue weighted by atomic mass is 9.96. The van der Waals surface area contributed by atoms with Gasteiger partial charge >= 0.3 is 0 Å². The van der Waals surface area contributed by atoms with Crippen LogP contribution >= 0.6 is 11.6 Å². The van der Waals surface area contributed by atoms with Crippen molar-refractivity contribution in [3.8, 4) is 5.75 Å². The molecule has 4 heteroatoms. The van der Waals surface area contributed by atoms with Gasteiger partial charge in [0.05, 0.1) is 13.2 Å². The number of aryl methyl sites for hydroxylation is 2. The minimum absolute atomic E-state index is 0.201. The molecule has 0 aliphatic heterocycles. The van der Waals surface area contributed by atoms with E-state index in [1.54, 1.807) is 12.1 Å². The monoisotopic (exact) mass is 293 g/mol. The van der Waals surface area contributed by atoms with Crippen LogP contribution in [0.3, 0.4) is 0 Å². The molecule has 0 amide bonds. The summed E-state index contributed by atoms with van der Waals surface area (Å²) in [6.07, 6.45) is 0. The average Bonchev–Trinajstić information content (AvgIpc) is 2.42. The lowest BCUT2D eigenvalue weighted by molar-refractivity contribution is 0.386. The fraction of sp³-hybridized carbons (Fsp3) is 0.250. The van der Waals surface area contributed by atoms with Crippen LogP contribution in [-0.4, -0.2) is 7.11 Å². The summed E-state index contributed by atoms with van der Waals surface area (Å²) in [5, 5.41) is 0.594. The summed E-state index contributed by atoms with van der Waals surface area (Å²) < 4.78 is 18.7. The van der Waals surface area contributed by atoms with E-state index >= 15 is 0 Å². The summed E-state index contributed by atoms with van der Waals surface area (Å²) in [5.74, 6) is -0.229. The number of methoxy groups -OCH3 is 1. The Kier molecular flexibility index (Phi) is 4.31. The fourth-order valence-electron chi connectivity index (χ4n) is 2.10. The number of benzene rings is 2. The van der Waals surface area contributed by atoms with Crippen molar-refractivity contribution in [2.75, 3.05) is 7.11 Å². The third-order valence-electron chi connectivity index (χ3n) is 3.48.